The number of carbonyl (C=O) groups excluding carboxylic acids is 1. The van der Waals surface area contributed by atoms with E-state index in [2.05, 4.69) is 24.5 Å². The van der Waals surface area contributed by atoms with Gasteiger partial charge in [0.15, 0.2) is 0 Å². The Morgan fingerprint density at radius 3 is 2.41 bits per heavy atom. The number of anilines is 2. The predicted octanol–water partition coefficient (Wildman–Crippen LogP) is 3.70. The summed E-state index contributed by atoms with van der Waals surface area (Å²) in [7, 11) is 0. The molecule has 1 aromatic heterocycles. The van der Waals surface area contributed by atoms with Crippen LogP contribution in [0.2, 0.25) is 0 Å². The van der Waals surface area contributed by atoms with E-state index in [0.717, 1.165) is 92.2 Å². The molecule has 0 atom stereocenters. The highest BCUT2D eigenvalue weighted by molar-refractivity contribution is 5.77. The van der Waals surface area contributed by atoms with E-state index in [1.165, 1.54) is 12.1 Å². The molecule has 1 aliphatic heterocycles. The van der Waals surface area contributed by atoms with Gasteiger partial charge in [-0.25, -0.2) is 4.98 Å². The number of hydrogen-bond donors (Lipinski definition) is 2. The average molecular weight is 613 g/mol. The first-order valence-electron chi connectivity index (χ1n) is 14.8. The number of halogens is 3. The minimum atomic E-state index is -4.73. The maximum Gasteiger partial charge on any atom is 0.573 e. The summed E-state index contributed by atoms with van der Waals surface area (Å²) in [6.07, 6.45) is -1.58. The van der Waals surface area contributed by atoms with E-state index in [4.69, 9.17) is 20.9 Å². The van der Waals surface area contributed by atoms with Crippen LogP contribution in [0.5, 0.6) is 11.5 Å². The molecule has 3 aromatic rings. The lowest BCUT2D eigenvalue weighted by molar-refractivity contribution is -0.274. The molecule has 2 aliphatic carbocycles. The molecule has 234 valence electrons. The van der Waals surface area contributed by atoms with Crippen molar-refractivity contribution in [3.05, 3.63) is 59.2 Å². The lowest BCUT2D eigenvalue weighted by atomic mass is 9.82. The molecule has 6 rings (SSSR count). The van der Waals surface area contributed by atoms with Gasteiger partial charge in [0.2, 0.25) is 11.9 Å². The number of piperazine rings is 1. The number of aryl methyl sites for hydroxylation is 1. The average Bonchev–Trinajstić information content (AvgIpc) is 2.96. The lowest BCUT2D eigenvalue weighted by Crippen LogP contribution is -2.48. The van der Waals surface area contributed by atoms with Crippen LogP contribution in [0.1, 0.15) is 29.5 Å². The number of amides is 1. The highest BCUT2D eigenvalue weighted by Crippen LogP contribution is 2.39. The topological polar surface area (TPSA) is 129 Å². The Bertz CT molecular complexity index is 1490. The van der Waals surface area contributed by atoms with Crippen molar-refractivity contribution in [3.63, 3.8) is 0 Å². The minimum Gasteiger partial charge on any atom is -0.489 e. The molecule has 0 unspecified atom stereocenters. The summed E-state index contributed by atoms with van der Waals surface area (Å²) in [6.45, 7) is 5.08. The van der Waals surface area contributed by atoms with Gasteiger partial charge >= 0.3 is 6.36 Å². The smallest absolute Gasteiger partial charge is 0.489 e. The molecule has 0 bridgehead atoms. The van der Waals surface area contributed by atoms with Gasteiger partial charge in [0.05, 0.1) is 18.4 Å². The van der Waals surface area contributed by atoms with E-state index in [-0.39, 0.29) is 36.2 Å². The Morgan fingerprint density at radius 1 is 0.977 bits per heavy atom. The molecule has 13 heteroatoms. The first kappa shape index (κ1) is 29.9. The minimum absolute atomic E-state index is 0.0402. The number of aromatic nitrogens is 2. The SMILES string of the molecule is Nc1nc2c(c(N3CCN(CCO[C@H]4C[C@@H](C(N)=O)C4)CC3)n1)CCc1cc(OCc3ccc(OC(F)(F)F)cc3)ccc1-2. The second-order valence-corrected chi connectivity index (χ2v) is 11.4. The summed E-state index contributed by atoms with van der Waals surface area (Å²) >= 11 is 0. The molecule has 2 fully saturated rings. The molecule has 4 N–H and O–H groups in total. The molecule has 44 heavy (non-hydrogen) atoms. The second-order valence-electron chi connectivity index (χ2n) is 11.4. The quantitative estimate of drug-likeness (QED) is 0.352. The number of fused-ring (bicyclic) bond motifs is 3. The third kappa shape index (κ3) is 6.99. The van der Waals surface area contributed by atoms with E-state index >= 15 is 0 Å². The number of hydrogen-bond acceptors (Lipinski definition) is 9. The zero-order chi connectivity index (χ0) is 30.8. The fourth-order valence-electron chi connectivity index (χ4n) is 5.98. The standard InChI is InChI=1S/C31H35F3N6O4/c32-31(33,34)44-22-4-1-19(2-5-22)18-43-23-6-8-25-20(15-23)3-7-26-27(25)37-30(36)38-29(26)40-11-9-39(10-12-40)13-14-42-24-16-21(17-24)28(35)41/h1-2,4-6,8,15,21,24H,3,7,9-14,16-18H2,(H2,35,41)(H2,36,37,38)/t21-,24+. The Hall–Kier alpha value is -4.10. The van der Waals surface area contributed by atoms with Crippen LogP contribution in [0.3, 0.4) is 0 Å². The van der Waals surface area contributed by atoms with Crippen LogP contribution in [0.4, 0.5) is 24.9 Å². The Morgan fingerprint density at radius 2 is 1.70 bits per heavy atom. The summed E-state index contributed by atoms with van der Waals surface area (Å²) in [5.41, 5.74) is 16.3. The van der Waals surface area contributed by atoms with E-state index in [1.54, 1.807) is 12.1 Å². The number of benzene rings is 2. The summed E-state index contributed by atoms with van der Waals surface area (Å²) < 4.78 is 53.0. The van der Waals surface area contributed by atoms with Gasteiger partial charge in [-0.15, -0.1) is 13.2 Å². The number of rotatable bonds is 10. The number of primary amides is 1. The van der Waals surface area contributed by atoms with Crippen LogP contribution in [0.25, 0.3) is 11.3 Å². The molecule has 1 saturated carbocycles. The molecule has 0 radical (unpaired) electrons. The first-order chi connectivity index (χ1) is 21.1. The number of nitrogens with zero attached hydrogens (tertiary/aromatic N) is 4. The normalized spacial score (nSPS) is 19.9. The summed E-state index contributed by atoms with van der Waals surface area (Å²) in [5, 5.41) is 0. The molecular weight excluding hydrogens is 577 g/mol. The van der Waals surface area contributed by atoms with Gasteiger partial charge in [-0.05, 0) is 67.1 Å². The highest BCUT2D eigenvalue weighted by atomic mass is 19.4. The third-order valence-electron chi connectivity index (χ3n) is 8.47. The molecule has 10 nitrogen and oxygen atoms in total. The monoisotopic (exact) mass is 612 g/mol. The predicted molar refractivity (Wildman–Crippen MR) is 157 cm³/mol. The highest BCUT2D eigenvalue weighted by Gasteiger charge is 2.34. The summed E-state index contributed by atoms with van der Waals surface area (Å²) in [4.78, 5) is 25.1. The van der Waals surface area contributed by atoms with Crippen molar-refractivity contribution in [1.82, 2.24) is 14.9 Å². The molecule has 2 heterocycles. The van der Waals surface area contributed by atoms with Gasteiger partial charge in [-0.3, -0.25) is 9.69 Å². The van der Waals surface area contributed by atoms with Crippen molar-refractivity contribution in [3.8, 4) is 22.8 Å². The second kappa shape index (κ2) is 12.5. The van der Waals surface area contributed by atoms with Crippen LogP contribution in [-0.4, -0.2) is 72.6 Å². The van der Waals surface area contributed by atoms with Gasteiger partial charge in [-0.1, -0.05) is 12.1 Å². The van der Waals surface area contributed by atoms with Crippen LogP contribution < -0.4 is 25.8 Å². The van der Waals surface area contributed by atoms with Gasteiger partial charge in [0.1, 0.15) is 23.9 Å². The number of nitrogens with two attached hydrogens (primary N) is 2. The molecule has 0 spiro atoms. The van der Waals surface area contributed by atoms with Crippen LogP contribution in [-0.2, 0) is 29.0 Å². The third-order valence-corrected chi connectivity index (χ3v) is 8.47. The molecule has 1 saturated heterocycles. The van der Waals surface area contributed by atoms with E-state index in [9.17, 15) is 18.0 Å². The van der Waals surface area contributed by atoms with E-state index < -0.39 is 6.36 Å². The van der Waals surface area contributed by atoms with Crippen molar-refractivity contribution in [1.29, 1.82) is 0 Å². The molecule has 3 aliphatic rings. The fourth-order valence-corrected chi connectivity index (χ4v) is 5.98. The summed E-state index contributed by atoms with van der Waals surface area (Å²) in [6, 6.07) is 11.4. The maximum atomic E-state index is 12.4. The van der Waals surface area contributed by atoms with Gasteiger partial charge in [0.25, 0.3) is 0 Å². The van der Waals surface area contributed by atoms with Crippen molar-refractivity contribution in [2.24, 2.45) is 11.7 Å². The zero-order valence-electron chi connectivity index (χ0n) is 24.2. The number of alkyl halides is 3. The van der Waals surface area contributed by atoms with Crippen LogP contribution in [0, 0.1) is 5.92 Å². The van der Waals surface area contributed by atoms with Crippen molar-refractivity contribution >= 4 is 17.7 Å². The Labute approximate surface area is 253 Å². The first-order valence-corrected chi connectivity index (χ1v) is 14.8. The number of ether oxygens (including phenoxy) is 3. The van der Waals surface area contributed by atoms with E-state index in [0.29, 0.717) is 12.4 Å². The molecular formula is C31H35F3N6O4. The largest absolute Gasteiger partial charge is 0.573 e. The number of nitrogen functional groups attached to an aromatic ring is 1. The Kier molecular flexibility index (Phi) is 8.50. The Balaban J connectivity index is 1.05. The van der Waals surface area contributed by atoms with E-state index in [1.807, 2.05) is 18.2 Å². The summed E-state index contributed by atoms with van der Waals surface area (Å²) in [5.74, 6) is 1.23. The maximum absolute atomic E-state index is 12.4. The zero-order valence-corrected chi connectivity index (χ0v) is 24.2. The number of carbonyl (C=O) groups is 1. The lowest BCUT2D eigenvalue weighted by Gasteiger charge is -2.38. The van der Waals surface area contributed by atoms with Crippen LogP contribution in [0.15, 0.2) is 42.5 Å². The molecule has 1 amide bonds. The van der Waals surface area contributed by atoms with Gasteiger partial charge in [0, 0.05) is 49.8 Å². The van der Waals surface area contributed by atoms with Crippen molar-refractivity contribution in [2.45, 2.75) is 44.8 Å². The molecule has 2 aromatic carbocycles. The van der Waals surface area contributed by atoms with Crippen molar-refractivity contribution in [2.75, 3.05) is 50.0 Å². The van der Waals surface area contributed by atoms with Gasteiger partial charge in [-0.2, -0.15) is 4.98 Å². The van der Waals surface area contributed by atoms with Crippen molar-refractivity contribution < 1.29 is 32.2 Å². The van der Waals surface area contributed by atoms with Crippen LogP contribution >= 0.6 is 0 Å². The van der Waals surface area contributed by atoms with Gasteiger partial charge < -0.3 is 30.6 Å². The fraction of sp³-hybridized carbons (Fsp3) is 0.452.